The zero-order chi connectivity index (χ0) is 22.4. The molecule has 0 spiro atoms. The summed E-state index contributed by atoms with van der Waals surface area (Å²) in [6.45, 7) is 3.69. The molecule has 0 aliphatic heterocycles. The van der Waals surface area contributed by atoms with Gasteiger partial charge in [-0.25, -0.2) is 9.59 Å². The topological polar surface area (TPSA) is 112 Å². The number of ether oxygens (including phenoxy) is 3. The molecule has 3 aromatic rings. The average Bonchev–Trinajstić information content (AvgIpc) is 2.73. The Morgan fingerprint density at radius 3 is 2.68 bits per heavy atom. The maximum absolute atomic E-state index is 12.6. The molecule has 0 bridgehead atoms. The van der Waals surface area contributed by atoms with Crippen LogP contribution in [0.15, 0.2) is 51.1 Å². The molecule has 0 aliphatic rings. The van der Waals surface area contributed by atoms with Crippen LogP contribution in [0.25, 0.3) is 10.9 Å². The summed E-state index contributed by atoms with van der Waals surface area (Å²) in [4.78, 5) is 39.0. The van der Waals surface area contributed by atoms with E-state index in [1.165, 1.54) is 12.3 Å². The first-order valence-electron chi connectivity index (χ1n) is 9.47. The van der Waals surface area contributed by atoms with Crippen LogP contribution in [0, 0.1) is 0 Å². The van der Waals surface area contributed by atoms with E-state index >= 15 is 0 Å². The van der Waals surface area contributed by atoms with Crippen molar-refractivity contribution in [3.63, 3.8) is 0 Å². The van der Waals surface area contributed by atoms with Crippen molar-refractivity contribution < 1.29 is 19.0 Å². The minimum Gasteiger partial charge on any atom is -0.490 e. The second-order valence-electron chi connectivity index (χ2n) is 6.19. The molecule has 1 aromatic heterocycles. The standard InChI is InChI=1S/C21H20ClN3O6/c1-3-29-17-10-13(9-15(22)19(17)31-12-18(26)30-4-2)11-23-25-20(27)14-7-5-6-8-16(14)24-21(25)28/h5-11H,3-4,12H2,1-2H3,(H,24,28). The van der Waals surface area contributed by atoms with Crippen LogP contribution in [0.3, 0.4) is 0 Å². The monoisotopic (exact) mass is 445 g/mol. The summed E-state index contributed by atoms with van der Waals surface area (Å²) in [7, 11) is 0. The Hall–Kier alpha value is -3.59. The zero-order valence-corrected chi connectivity index (χ0v) is 17.6. The molecule has 9 nitrogen and oxygen atoms in total. The van der Waals surface area contributed by atoms with Gasteiger partial charge in [0.1, 0.15) is 0 Å². The van der Waals surface area contributed by atoms with Gasteiger partial charge in [0.2, 0.25) is 0 Å². The van der Waals surface area contributed by atoms with Gasteiger partial charge in [-0.05, 0) is 43.7 Å². The average molecular weight is 446 g/mol. The van der Waals surface area contributed by atoms with Crippen molar-refractivity contribution >= 4 is 34.7 Å². The molecule has 0 fully saturated rings. The number of aromatic nitrogens is 2. The minimum atomic E-state index is -0.675. The van der Waals surface area contributed by atoms with E-state index in [1.807, 2.05) is 0 Å². The van der Waals surface area contributed by atoms with Gasteiger partial charge in [0.05, 0.1) is 35.4 Å². The lowest BCUT2D eigenvalue weighted by Crippen LogP contribution is -2.32. The van der Waals surface area contributed by atoms with Crippen LogP contribution in [0.1, 0.15) is 19.4 Å². The van der Waals surface area contributed by atoms with Crippen molar-refractivity contribution in [1.29, 1.82) is 0 Å². The summed E-state index contributed by atoms with van der Waals surface area (Å²) >= 11 is 6.30. The largest absolute Gasteiger partial charge is 0.490 e. The third kappa shape index (κ3) is 5.13. The molecule has 2 aromatic carbocycles. The highest BCUT2D eigenvalue weighted by Crippen LogP contribution is 2.36. The van der Waals surface area contributed by atoms with Crippen molar-refractivity contribution in [2.24, 2.45) is 5.10 Å². The number of halogens is 1. The number of benzene rings is 2. The number of esters is 1. The molecular formula is C21H20ClN3O6. The third-order valence-electron chi connectivity index (χ3n) is 4.08. The van der Waals surface area contributed by atoms with Crippen molar-refractivity contribution in [3.8, 4) is 11.5 Å². The molecule has 0 saturated heterocycles. The summed E-state index contributed by atoms with van der Waals surface area (Å²) < 4.78 is 16.6. The molecule has 0 aliphatic carbocycles. The van der Waals surface area contributed by atoms with E-state index in [1.54, 1.807) is 44.2 Å². The Morgan fingerprint density at radius 2 is 1.94 bits per heavy atom. The molecule has 10 heteroatoms. The smallest absolute Gasteiger partial charge is 0.349 e. The van der Waals surface area contributed by atoms with E-state index in [9.17, 15) is 14.4 Å². The highest BCUT2D eigenvalue weighted by molar-refractivity contribution is 6.32. The summed E-state index contributed by atoms with van der Waals surface area (Å²) in [5.74, 6) is -0.0866. The maximum atomic E-state index is 12.6. The Labute approximate surface area is 181 Å². The number of carbonyl (C=O) groups excluding carboxylic acids is 1. The van der Waals surface area contributed by atoms with E-state index in [2.05, 4.69) is 10.1 Å². The van der Waals surface area contributed by atoms with Crippen LogP contribution in [0.4, 0.5) is 0 Å². The van der Waals surface area contributed by atoms with Gasteiger partial charge in [-0.2, -0.15) is 5.10 Å². The molecule has 0 saturated carbocycles. The number of nitrogens with zero attached hydrogens (tertiary/aromatic N) is 2. The van der Waals surface area contributed by atoms with Gasteiger partial charge >= 0.3 is 11.7 Å². The Morgan fingerprint density at radius 1 is 1.16 bits per heavy atom. The molecule has 0 atom stereocenters. The van der Waals surface area contributed by atoms with Crippen LogP contribution in [-0.4, -0.2) is 41.7 Å². The Balaban J connectivity index is 1.94. The quantitative estimate of drug-likeness (QED) is 0.421. The number of hydrogen-bond acceptors (Lipinski definition) is 7. The van der Waals surface area contributed by atoms with Gasteiger partial charge in [0.15, 0.2) is 18.1 Å². The van der Waals surface area contributed by atoms with Crippen molar-refractivity contribution in [1.82, 2.24) is 9.66 Å². The molecular weight excluding hydrogens is 426 g/mol. The molecule has 162 valence electrons. The first kappa shape index (κ1) is 22.1. The lowest BCUT2D eigenvalue weighted by Gasteiger charge is -2.14. The van der Waals surface area contributed by atoms with E-state index in [4.69, 9.17) is 25.8 Å². The lowest BCUT2D eigenvalue weighted by molar-refractivity contribution is -0.145. The van der Waals surface area contributed by atoms with Gasteiger partial charge in [-0.1, -0.05) is 23.7 Å². The molecule has 31 heavy (non-hydrogen) atoms. The van der Waals surface area contributed by atoms with Gasteiger partial charge in [0, 0.05) is 0 Å². The van der Waals surface area contributed by atoms with E-state index in [0.29, 0.717) is 23.1 Å². The second-order valence-corrected chi connectivity index (χ2v) is 6.60. The molecule has 1 N–H and O–H groups in total. The fourth-order valence-electron chi connectivity index (χ4n) is 2.78. The molecule has 0 amide bonds. The molecule has 0 radical (unpaired) electrons. The first-order valence-corrected chi connectivity index (χ1v) is 9.85. The van der Waals surface area contributed by atoms with E-state index in [0.717, 1.165) is 4.68 Å². The highest BCUT2D eigenvalue weighted by atomic mass is 35.5. The number of aromatic amines is 1. The second kappa shape index (κ2) is 9.94. The predicted octanol–water partition coefficient (Wildman–Crippen LogP) is 2.57. The van der Waals surface area contributed by atoms with Crippen molar-refractivity contribution in [3.05, 3.63) is 67.8 Å². The molecule has 1 heterocycles. The van der Waals surface area contributed by atoms with E-state index < -0.39 is 17.2 Å². The highest BCUT2D eigenvalue weighted by Gasteiger charge is 2.15. The number of para-hydroxylation sites is 1. The van der Waals surface area contributed by atoms with E-state index in [-0.39, 0.29) is 29.7 Å². The summed E-state index contributed by atoms with van der Waals surface area (Å²) in [5.41, 5.74) is -0.350. The number of hydrogen-bond donors (Lipinski definition) is 1. The number of nitrogens with one attached hydrogen (secondary N) is 1. The van der Waals surface area contributed by atoms with Gasteiger partial charge in [-0.15, -0.1) is 4.68 Å². The number of carbonyl (C=O) groups is 1. The Bertz CT molecular complexity index is 1250. The number of rotatable bonds is 8. The van der Waals surface area contributed by atoms with Crippen molar-refractivity contribution in [2.75, 3.05) is 19.8 Å². The van der Waals surface area contributed by atoms with Crippen LogP contribution in [0.2, 0.25) is 5.02 Å². The third-order valence-corrected chi connectivity index (χ3v) is 4.36. The van der Waals surface area contributed by atoms with Crippen LogP contribution >= 0.6 is 11.6 Å². The normalized spacial score (nSPS) is 11.1. The van der Waals surface area contributed by atoms with Crippen LogP contribution in [-0.2, 0) is 9.53 Å². The van der Waals surface area contributed by atoms with Crippen molar-refractivity contribution in [2.45, 2.75) is 13.8 Å². The summed E-state index contributed by atoms with van der Waals surface area (Å²) in [6, 6.07) is 9.72. The number of fused-ring (bicyclic) bond motifs is 1. The summed E-state index contributed by atoms with van der Waals surface area (Å²) in [5, 5.41) is 4.49. The van der Waals surface area contributed by atoms with Crippen LogP contribution in [0.5, 0.6) is 11.5 Å². The minimum absolute atomic E-state index is 0.163. The molecule has 0 unspecified atom stereocenters. The van der Waals surface area contributed by atoms with Gasteiger partial charge in [-0.3, -0.25) is 4.79 Å². The zero-order valence-electron chi connectivity index (χ0n) is 16.9. The SMILES string of the molecule is CCOC(=O)COc1c(Cl)cc(C=Nn2c(=O)[nH]c3ccccc3c2=O)cc1OCC. The Kier molecular flexibility index (Phi) is 7.09. The fraction of sp³-hybridized carbons (Fsp3) is 0.238. The van der Waals surface area contributed by atoms with Crippen LogP contribution < -0.4 is 20.7 Å². The first-order chi connectivity index (χ1) is 14.9. The number of H-pyrrole nitrogens is 1. The fourth-order valence-corrected chi connectivity index (χ4v) is 3.06. The lowest BCUT2D eigenvalue weighted by atomic mass is 10.2. The molecule has 3 rings (SSSR count). The maximum Gasteiger partial charge on any atom is 0.349 e. The summed E-state index contributed by atoms with van der Waals surface area (Å²) in [6.07, 6.45) is 1.30. The predicted molar refractivity (Wildman–Crippen MR) is 117 cm³/mol. The van der Waals surface area contributed by atoms with Gasteiger partial charge in [0.25, 0.3) is 5.56 Å². The van der Waals surface area contributed by atoms with Gasteiger partial charge < -0.3 is 19.2 Å².